The van der Waals surface area contributed by atoms with Crippen molar-refractivity contribution in [2.24, 2.45) is 5.92 Å². The zero-order valence-corrected chi connectivity index (χ0v) is 22.9. The molecule has 4 aromatic rings. The molecule has 2 saturated heterocycles. The smallest absolute Gasteiger partial charge is 0.271 e. The first kappa shape index (κ1) is 26.1. The van der Waals surface area contributed by atoms with Crippen LogP contribution in [0.4, 0.5) is 5.69 Å². The number of hydrogen-bond donors (Lipinski definition) is 1. The number of carbonyl (C=O) groups is 1. The molecule has 7 heteroatoms. The molecule has 2 aliphatic heterocycles. The first-order valence-electron chi connectivity index (χ1n) is 14.4. The van der Waals surface area contributed by atoms with Crippen LogP contribution < -0.4 is 9.64 Å². The Balaban J connectivity index is 0.960. The number of piperidine rings is 1. The van der Waals surface area contributed by atoms with Crippen molar-refractivity contribution in [1.29, 1.82) is 0 Å². The summed E-state index contributed by atoms with van der Waals surface area (Å²) >= 11 is 0. The number of ether oxygens (including phenoxy) is 1. The third-order valence-corrected chi connectivity index (χ3v) is 7.99. The Morgan fingerprint density at radius 3 is 2.35 bits per heavy atom. The summed E-state index contributed by atoms with van der Waals surface area (Å²) in [6.45, 7) is 7.29. The summed E-state index contributed by atoms with van der Waals surface area (Å²) in [5.74, 6) is 1.21. The fourth-order valence-electron chi connectivity index (χ4n) is 5.71. The van der Waals surface area contributed by atoms with E-state index in [2.05, 4.69) is 74.6 Å². The van der Waals surface area contributed by atoms with E-state index < -0.39 is 0 Å². The molecule has 0 bridgehead atoms. The molecular weight excluding hydrogens is 498 g/mol. The van der Waals surface area contributed by atoms with E-state index in [-0.39, 0.29) is 5.91 Å². The molecule has 1 aromatic heterocycles. The van der Waals surface area contributed by atoms with Gasteiger partial charge in [-0.3, -0.25) is 14.8 Å². The predicted octanol–water partition coefficient (Wildman–Crippen LogP) is 5.33. The number of hydrogen-bond acceptors (Lipinski definition) is 5. The third kappa shape index (κ3) is 6.37. The summed E-state index contributed by atoms with van der Waals surface area (Å²) in [5, 5.41) is 7.29. The maximum absolute atomic E-state index is 13.2. The summed E-state index contributed by atoms with van der Waals surface area (Å²) < 4.78 is 6.17. The van der Waals surface area contributed by atoms with Gasteiger partial charge < -0.3 is 14.5 Å². The molecule has 206 valence electrons. The van der Waals surface area contributed by atoms with Gasteiger partial charge in [-0.15, -0.1) is 0 Å². The normalized spacial score (nSPS) is 18.1. The summed E-state index contributed by atoms with van der Waals surface area (Å²) in [5.41, 5.74) is 4.95. The standard InChI is InChI=1S/C33H37N5O2/c39-33(32-22-31(34-35-32)28-9-3-1-4-10-28)38-17-7-8-27(24-38)25-40-30-15-13-26(14-16-30)23-36-18-20-37(21-19-36)29-11-5-2-6-12-29/h1-6,9-16,22,27H,7-8,17-21,23-25H2,(H,34,35)/t27-/m1/s1. The number of rotatable bonds is 8. The number of anilines is 1. The van der Waals surface area contributed by atoms with Crippen molar-refractivity contribution in [3.63, 3.8) is 0 Å². The van der Waals surface area contributed by atoms with Crippen LogP contribution >= 0.6 is 0 Å². The molecule has 2 aliphatic rings. The van der Waals surface area contributed by atoms with E-state index in [1.807, 2.05) is 41.3 Å². The Bertz CT molecular complexity index is 1360. The molecule has 1 amide bonds. The number of nitrogens with zero attached hydrogens (tertiary/aromatic N) is 4. The van der Waals surface area contributed by atoms with Crippen molar-refractivity contribution in [3.05, 3.63) is 102 Å². The number of amides is 1. The van der Waals surface area contributed by atoms with Crippen LogP contribution in [0, 0.1) is 5.92 Å². The lowest BCUT2D eigenvalue weighted by Crippen LogP contribution is -2.45. The summed E-state index contributed by atoms with van der Waals surface area (Å²) in [7, 11) is 0. The third-order valence-electron chi connectivity index (χ3n) is 7.99. The fraction of sp³-hybridized carbons (Fsp3) is 0.333. The Morgan fingerprint density at radius 1 is 0.875 bits per heavy atom. The number of aromatic amines is 1. The second-order valence-corrected chi connectivity index (χ2v) is 10.8. The highest BCUT2D eigenvalue weighted by Gasteiger charge is 2.26. The van der Waals surface area contributed by atoms with E-state index >= 15 is 0 Å². The second kappa shape index (κ2) is 12.4. The van der Waals surface area contributed by atoms with Crippen LogP contribution in [-0.2, 0) is 6.54 Å². The molecular formula is C33H37N5O2. The van der Waals surface area contributed by atoms with Crippen molar-refractivity contribution < 1.29 is 9.53 Å². The first-order valence-corrected chi connectivity index (χ1v) is 14.4. The SMILES string of the molecule is O=C(c1cc(-c2ccccc2)n[nH]1)N1CCC[C@@H](COc2ccc(CN3CCN(c4ccccc4)CC3)cc2)C1. The van der Waals surface area contributed by atoms with Crippen LogP contribution in [0.3, 0.4) is 0 Å². The quantitative estimate of drug-likeness (QED) is 0.330. The molecule has 7 nitrogen and oxygen atoms in total. The molecule has 3 aromatic carbocycles. The molecule has 40 heavy (non-hydrogen) atoms. The van der Waals surface area contributed by atoms with Crippen LogP contribution in [-0.4, -0.2) is 71.8 Å². The van der Waals surface area contributed by atoms with Gasteiger partial charge in [0.25, 0.3) is 5.91 Å². The molecule has 0 unspecified atom stereocenters. The largest absolute Gasteiger partial charge is 0.493 e. The number of H-pyrrole nitrogens is 1. The number of carbonyl (C=O) groups excluding carboxylic acids is 1. The lowest BCUT2D eigenvalue weighted by atomic mass is 9.98. The van der Waals surface area contributed by atoms with Gasteiger partial charge in [0.15, 0.2) is 0 Å². The van der Waals surface area contributed by atoms with Gasteiger partial charge in [0.1, 0.15) is 11.4 Å². The van der Waals surface area contributed by atoms with Gasteiger partial charge in [0.2, 0.25) is 0 Å². The van der Waals surface area contributed by atoms with Gasteiger partial charge in [0.05, 0.1) is 12.3 Å². The molecule has 1 atom stereocenters. The van der Waals surface area contributed by atoms with E-state index in [1.54, 1.807) is 0 Å². The molecule has 0 spiro atoms. The van der Waals surface area contributed by atoms with Crippen molar-refractivity contribution in [2.75, 3.05) is 50.8 Å². The number of aromatic nitrogens is 2. The molecule has 2 fully saturated rings. The van der Waals surface area contributed by atoms with Crippen LogP contribution in [0.25, 0.3) is 11.3 Å². The first-order chi connectivity index (χ1) is 19.7. The lowest BCUT2D eigenvalue weighted by molar-refractivity contribution is 0.0627. The molecule has 0 aliphatic carbocycles. The molecule has 3 heterocycles. The van der Waals surface area contributed by atoms with E-state index in [4.69, 9.17) is 4.74 Å². The number of likely N-dealkylation sites (tertiary alicyclic amines) is 1. The van der Waals surface area contributed by atoms with Gasteiger partial charge in [0, 0.05) is 63.0 Å². The van der Waals surface area contributed by atoms with Crippen molar-refractivity contribution in [3.8, 4) is 17.0 Å². The van der Waals surface area contributed by atoms with Crippen LogP contribution in [0.5, 0.6) is 5.75 Å². The Kier molecular flexibility index (Phi) is 8.10. The van der Waals surface area contributed by atoms with E-state index in [0.29, 0.717) is 24.8 Å². The number of piperazine rings is 1. The zero-order chi connectivity index (χ0) is 27.1. The highest BCUT2D eigenvalue weighted by Crippen LogP contribution is 2.23. The van der Waals surface area contributed by atoms with Crippen LogP contribution in [0.2, 0.25) is 0 Å². The molecule has 0 radical (unpaired) electrons. The minimum atomic E-state index is 0.00772. The van der Waals surface area contributed by atoms with Crippen LogP contribution in [0.1, 0.15) is 28.9 Å². The lowest BCUT2D eigenvalue weighted by Gasteiger charge is -2.36. The summed E-state index contributed by atoms with van der Waals surface area (Å²) in [6, 6.07) is 31.0. The highest BCUT2D eigenvalue weighted by atomic mass is 16.5. The van der Waals surface area contributed by atoms with Crippen molar-refractivity contribution in [2.45, 2.75) is 19.4 Å². The Labute approximate surface area is 236 Å². The van der Waals surface area contributed by atoms with Gasteiger partial charge in [-0.25, -0.2) is 0 Å². The van der Waals surface area contributed by atoms with E-state index in [1.165, 1.54) is 11.3 Å². The van der Waals surface area contributed by atoms with Gasteiger partial charge in [-0.05, 0) is 48.7 Å². The number of para-hydroxylation sites is 1. The molecule has 6 rings (SSSR count). The van der Waals surface area contributed by atoms with Crippen molar-refractivity contribution in [1.82, 2.24) is 20.0 Å². The highest BCUT2D eigenvalue weighted by molar-refractivity contribution is 5.93. The Morgan fingerprint density at radius 2 is 1.60 bits per heavy atom. The number of benzene rings is 3. The van der Waals surface area contributed by atoms with Gasteiger partial charge in [-0.1, -0.05) is 60.7 Å². The van der Waals surface area contributed by atoms with Gasteiger partial charge in [-0.2, -0.15) is 5.10 Å². The predicted molar refractivity (Wildman–Crippen MR) is 159 cm³/mol. The summed E-state index contributed by atoms with van der Waals surface area (Å²) in [4.78, 5) is 20.1. The van der Waals surface area contributed by atoms with Gasteiger partial charge >= 0.3 is 0 Å². The molecule has 1 N–H and O–H groups in total. The average molecular weight is 536 g/mol. The molecule has 0 saturated carbocycles. The summed E-state index contributed by atoms with van der Waals surface area (Å²) in [6.07, 6.45) is 2.05. The maximum Gasteiger partial charge on any atom is 0.271 e. The van der Waals surface area contributed by atoms with Crippen molar-refractivity contribution >= 4 is 11.6 Å². The topological polar surface area (TPSA) is 64.7 Å². The zero-order valence-electron chi connectivity index (χ0n) is 22.9. The monoisotopic (exact) mass is 535 g/mol. The van der Waals surface area contributed by atoms with E-state index in [9.17, 15) is 4.79 Å². The van der Waals surface area contributed by atoms with Crippen LogP contribution in [0.15, 0.2) is 91.0 Å². The second-order valence-electron chi connectivity index (χ2n) is 10.8. The maximum atomic E-state index is 13.2. The fourth-order valence-corrected chi connectivity index (χ4v) is 5.71. The Hall–Kier alpha value is -4.10. The average Bonchev–Trinajstić information content (AvgIpc) is 3.52. The minimum absolute atomic E-state index is 0.00772. The minimum Gasteiger partial charge on any atom is -0.493 e. The number of nitrogens with one attached hydrogen (secondary N) is 1. The van der Waals surface area contributed by atoms with E-state index in [0.717, 1.165) is 69.1 Å².